The van der Waals surface area contributed by atoms with E-state index >= 15 is 0 Å². The van der Waals surface area contributed by atoms with Gasteiger partial charge in [0, 0.05) is 12.2 Å². The molecule has 21 heavy (non-hydrogen) atoms. The molecule has 0 spiro atoms. The number of benzene rings is 2. The van der Waals surface area contributed by atoms with Crippen molar-refractivity contribution in [3.8, 4) is 0 Å². The summed E-state index contributed by atoms with van der Waals surface area (Å²) in [5, 5.41) is 14.6. The van der Waals surface area contributed by atoms with Gasteiger partial charge in [-0.3, -0.25) is 0 Å². The lowest BCUT2D eigenvalue weighted by Crippen LogP contribution is -2.28. The van der Waals surface area contributed by atoms with Gasteiger partial charge in [-0.05, 0) is 36.2 Å². The molecule has 2 amide bonds. The van der Waals surface area contributed by atoms with Crippen LogP contribution in [0.15, 0.2) is 48.5 Å². The number of halogens is 1. The number of rotatable bonds is 4. The van der Waals surface area contributed by atoms with Crippen molar-refractivity contribution in [2.45, 2.75) is 19.6 Å². The molecule has 0 radical (unpaired) electrons. The molecule has 1 unspecified atom stereocenters. The van der Waals surface area contributed by atoms with Gasteiger partial charge in [0.15, 0.2) is 0 Å². The van der Waals surface area contributed by atoms with E-state index < -0.39 is 18.0 Å². The third kappa shape index (κ3) is 4.57. The highest BCUT2D eigenvalue weighted by molar-refractivity contribution is 5.89. The average Bonchev–Trinajstić information content (AvgIpc) is 2.45. The fourth-order valence-electron chi connectivity index (χ4n) is 1.84. The van der Waals surface area contributed by atoms with Crippen molar-refractivity contribution in [3.63, 3.8) is 0 Å². The number of carbonyl (C=O) groups excluding carboxylic acids is 1. The number of carbonyl (C=O) groups is 1. The number of urea groups is 1. The van der Waals surface area contributed by atoms with Crippen LogP contribution in [-0.2, 0) is 6.54 Å². The first kappa shape index (κ1) is 15.0. The molecule has 2 aromatic carbocycles. The Morgan fingerprint density at radius 2 is 1.95 bits per heavy atom. The van der Waals surface area contributed by atoms with Gasteiger partial charge in [0.1, 0.15) is 5.82 Å². The normalized spacial score (nSPS) is 11.8. The van der Waals surface area contributed by atoms with E-state index in [1.807, 2.05) is 24.3 Å². The van der Waals surface area contributed by atoms with Gasteiger partial charge in [-0.1, -0.05) is 30.3 Å². The Kier molecular flexibility index (Phi) is 4.90. The quantitative estimate of drug-likeness (QED) is 0.809. The second kappa shape index (κ2) is 6.85. The second-order valence-electron chi connectivity index (χ2n) is 4.74. The molecule has 0 aromatic heterocycles. The van der Waals surface area contributed by atoms with Crippen molar-refractivity contribution < 1.29 is 14.3 Å². The minimum Gasteiger partial charge on any atom is -0.389 e. The Morgan fingerprint density at radius 3 is 2.57 bits per heavy atom. The van der Waals surface area contributed by atoms with Crippen LogP contribution in [-0.4, -0.2) is 11.1 Å². The van der Waals surface area contributed by atoms with Gasteiger partial charge in [0.25, 0.3) is 0 Å². The van der Waals surface area contributed by atoms with Crippen LogP contribution in [0.2, 0.25) is 0 Å². The predicted octanol–water partition coefficient (Wildman–Crippen LogP) is 3.20. The van der Waals surface area contributed by atoms with Gasteiger partial charge in [-0.15, -0.1) is 0 Å². The molecule has 110 valence electrons. The van der Waals surface area contributed by atoms with Crippen LogP contribution in [0.4, 0.5) is 14.9 Å². The highest BCUT2D eigenvalue weighted by Gasteiger charge is 2.04. The molecule has 0 bridgehead atoms. The molecule has 0 aliphatic carbocycles. The highest BCUT2D eigenvalue weighted by Crippen LogP contribution is 2.13. The number of hydrogen-bond donors (Lipinski definition) is 3. The maximum Gasteiger partial charge on any atom is 0.319 e. The molecule has 0 aliphatic rings. The van der Waals surface area contributed by atoms with E-state index in [2.05, 4.69) is 10.6 Å². The zero-order valence-electron chi connectivity index (χ0n) is 11.6. The topological polar surface area (TPSA) is 61.4 Å². The van der Waals surface area contributed by atoms with Crippen molar-refractivity contribution in [1.82, 2.24) is 5.32 Å². The Bertz CT molecular complexity index is 612. The molecule has 3 N–H and O–H groups in total. The number of aliphatic hydroxyl groups excluding tert-OH is 1. The van der Waals surface area contributed by atoms with Crippen molar-refractivity contribution in [2.75, 3.05) is 5.32 Å². The summed E-state index contributed by atoms with van der Waals surface area (Å²) in [6, 6.07) is 12.6. The first-order valence-corrected chi connectivity index (χ1v) is 6.62. The molecule has 2 rings (SSSR count). The summed E-state index contributed by atoms with van der Waals surface area (Å²) in [5.41, 5.74) is 2.13. The van der Waals surface area contributed by atoms with Crippen LogP contribution in [0.5, 0.6) is 0 Å². The van der Waals surface area contributed by atoms with E-state index in [0.717, 1.165) is 11.1 Å². The zero-order chi connectivity index (χ0) is 15.2. The van der Waals surface area contributed by atoms with Crippen LogP contribution in [0, 0.1) is 5.82 Å². The van der Waals surface area contributed by atoms with E-state index in [9.17, 15) is 14.3 Å². The maximum atomic E-state index is 13.0. The van der Waals surface area contributed by atoms with Crippen LogP contribution in [0.3, 0.4) is 0 Å². The number of aliphatic hydroxyl groups is 1. The SMILES string of the molecule is CC(O)c1ccc(CNC(=O)Nc2cccc(F)c2)cc1. The van der Waals surface area contributed by atoms with E-state index in [-0.39, 0.29) is 0 Å². The zero-order valence-corrected chi connectivity index (χ0v) is 11.6. The second-order valence-corrected chi connectivity index (χ2v) is 4.74. The fourth-order valence-corrected chi connectivity index (χ4v) is 1.84. The number of amides is 2. The summed E-state index contributed by atoms with van der Waals surface area (Å²) in [6.45, 7) is 2.04. The van der Waals surface area contributed by atoms with Crippen LogP contribution < -0.4 is 10.6 Å². The molecule has 0 aliphatic heterocycles. The van der Waals surface area contributed by atoms with Gasteiger partial charge in [0.05, 0.1) is 6.10 Å². The van der Waals surface area contributed by atoms with E-state index in [1.165, 1.54) is 18.2 Å². The molecule has 2 aromatic rings. The number of nitrogens with one attached hydrogen (secondary N) is 2. The molecular formula is C16H17FN2O2. The van der Waals surface area contributed by atoms with E-state index in [4.69, 9.17) is 0 Å². The van der Waals surface area contributed by atoms with Crippen LogP contribution in [0.1, 0.15) is 24.2 Å². The molecule has 1 atom stereocenters. The number of anilines is 1. The first-order valence-electron chi connectivity index (χ1n) is 6.62. The van der Waals surface area contributed by atoms with Gasteiger partial charge < -0.3 is 15.7 Å². The van der Waals surface area contributed by atoms with Crippen LogP contribution >= 0.6 is 0 Å². The lowest BCUT2D eigenvalue weighted by molar-refractivity contribution is 0.199. The van der Waals surface area contributed by atoms with Gasteiger partial charge in [-0.25, -0.2) is 9.18 Å². The van der Waals surface area contributed by atoms with Gasteiger partial charge in [-0.2, -0.15) is 0 Å². The maximum absolute atomic E-state index is 13.0. The molecule has 4 nitrogen and oxygen atoms in total. The van der Waals surface area contributed by atoms with E-state index in [1.54, 1.807) is 13.0 Å². The Balaban J connectivity index is 1.86. The minimum absolute atomic E-state index is 0.348. The summed E-state index contributed by atoms with van der Waals surface area (Å²) in [6.07, 6.45) is -0.511. The molecule has 5 heteroatoms. The Morgan fingerprint density at radius 1 is 1.24 bits per heavy atom. The molecule has 0 saturated carbocycles. The standard InChI is InChI=1S/C16H17FN2O2/c1-11(20)13-7-5-12(6-8-13)10-18-16(21)19-15-4-2-3-14(17)9-15/h2-9,11,20H,10H2,1H3,(H2,18,19,21). The largest absolute Gasteiger partial charge is 0.389 e. The fraction of sp³-hybridized carbons (Fsp3) is 0.188. The third-order valence-corrected chi connectivity index (χ3v) is 3.00. The van der Waals surface area contributed by atoms with Crippen molar-refractivity contribution >= 4 is 11.7 Å². The molecule has 0 fully saturated rings. The molecular weight excluding hydrogens is 271 g/mol. The summed E-state index contributed by atoms with van der Waals surface area (Å²) in [7, 11) is 0. The first-order chi connectivity index (χ1) is 10.0. The summed E-state index contributed by atoms with van der Waals surface area (Å²) >= 11 is 0. The number of hydrogen-bond acceptors (Lipinski definition) is 2. The smallest absolute Gasteiger partial charge is 0.319 e. The predicted molar refractivity (Wildman–Crippen MR) is 79.3 cm³/mol. The monoisotopic (exact) mass is 288 g/mol. The van der Waals surface area contributed by atoms with Gasteiger partial charge in [0.2, 0.25) is 0 Å². The summed E-state index contributed by atoms with van der Waals surface area (Å²) < 4.78 is 13.0. The Hall–Kier alpha value is -2.40. The molecule has 0 heterocycles. The Labute approximate surface area is 122 Å². The van der Waals surface area contributed by atoms with E-state index in [0.29, 0.717) is 12.2 Å². The highest BCUT2D eigenvalue weighted by atomic mass is 19.1. The summed E-state index contributed by atoms with van der Waals surface area (Å²) in [4.78, 5) is 11.7. The van der Waals surface area contributed by atoms with Crippen LogP contribution in [0.25, 0.3) is 0 Å². The minimum atomic E-state index is -0.511. The average molecular weight is 288 g/mol. The lowest BCUT2D eigenvalue weighted by atomic mass is 10.1. The lowest BCUT2D eigenvalue weighted by Gasteiger charge is -2.09. The summed E-state index contributed by atoms with van der Waals surface area (Å²) in [5.74, 6) is -0.401. The van der Waals surface area contributed by atoms with Crippen molar-refractivity contribution in [2.24, 2.45) is 0 Å². The molecule has 0 saturated heterocycles. The van der Waals surface area contributed by atoms with Gasteiger partial charge >= 0.3 is 6.03 Å². The van der Waals surface area contributed by atoms with Crippen molar-refractivity contribution in [3.05, 3.63) is 65.5 Å². The van der Waals surface area contributed by atoms with Crippen molar-refractivity contribution in [1.29, 1.82) is 0 Å². The third-order valence-electron chi connectivity index (χ3n) is 3.00.